The first-order valence-electron chi connectivity index (χ1n) is 11.9. The number of aromatic nitrogens is 1. The molecule has 9 nitrogen and oxygen atoms in total. The average molecular weight is 516 g/mol. The standard InChI is InChI=1S/C27H25N5O4S/c1-15-12-17(36-16-6-4-3-5-7-16)8-9-18(15)32-19-10-11-29-25-21(19)22(30-26(32)35)23(37-25)24(34)31-27(2)14-28-13-20(27)33/h3-12,20,28,33H,13-14H2,1-2H3,(H,30,35)(H,31,34)/t20-,27-/m0/s1. The Hall–Kier alpha value is -3.99. The number of rotatable bonds is 5. The Morgan fingerprint density at radius 1 is 1.19 bits per heavy atom. The number of hydrogen-bond donors (Lipinski definition) is 4. The summed E-state index contributed by atoms with van der Waals surface area (Å²) < 4.78 is 5.95. The molecule has 2 aromatic heterocycles. The fourth-order valence-electron chi connectivity index (χ4n) is 4.81. The van der Waals surface area contributed by atoms with Crippen molar-refractivity contribution in [3.05, 3.63) is 71.2 Å². The summed E-state index contributed by atoms with van der Waals surface area (Å²) in [4.78, 5) is 33.8. The van der Waals surface area contributed by atoms with Crippen LogP contribution in [0, 0.1) is 6.92 Å². The minimum Gasteiger partial charge on any atom is -0.457 e. The van der Waals surface area contributed by atoms with Crippen molar-refractivity contribution in [1.82, 2.24) is 15.6 Å². The Labute approximate surface area is 217 Å². The molecular weight excluding hydrogens is 490 g/mol. The summed E-state index contributed by atoms with van der Waals surface area (Å²) in [5.74, 6) is 1.03. The van der Waals surface area contributed by atoms with Gasteiger partial charge in [-0.2, -0.15) is 0 Å². The van der Waals surface area contributed by atoms with Crippen LogP contribution in [0.5, 0.6) is 11.5 Å². The number of β-amino-alcohol motifs (C(OH)–C–C–N with tert-alkyl or cyclic N) is 1. The lowest BCUT2D eigenvalue weighted by Crippen LogP contribution is -2.54. The smallest absolute Gasteiger partial charge is 0.331 e. The van der Waals surface area contributed by atoms with Crippen molar-refractivity contribution in [2.24, 2.45) is 0 Å². The predicted octanol–water partition coefficient (Wildman–Crippen LogP) is 4.53. The van der Waals surface area contributed by atoms with Crippen LogP contribution in [0.25, 0.3) is 10.2 Å². The molecule has 0 radical (unpaired) electrons. The Morgan fingerprint density at radius 3 is 2.73 bits per heavy atom. The van der Waals surface area contributed by atoms with Crippen LogP contribution in [-0.4, -0.2) is 46.8 Å². The molecular formula is C27H25N5O4S. The van der Waals surface area contributed by atoms with Crippen LogP contribution in [0.15, 0.2) is 60.8 Å². The van der Waals surface area contributed by atoms with Gasteiger partial charge in [0.05, 0.1) is 34.1 Å². The summed E-state index contributed by atoms with van der Waals surface area (Å²) in [6, 6.07) is 16.5. The van der Waals surface area contributed by atoms with Gasteiger partial charge in [0, 0.05) is 19.3 Å². The number of nitrogens with zero attached hydrogens (tertiary/aromatic N) is 2. The third-order valence-corrected chi connectivity index (χ3v) is 7.90. The van der Waals surface area contributed by atoms with E-state index in [0.29, 0.717) is 51.0 Å². The topological polar surface area (TPSA) is 116 Å². The molecule has 1 fully saturated rings. The molecule has 2 aromatic carbocycles. The Kier molecular flexibility index (Phi) is 5.59. The second-order valence-corrected chi connectivity index (χ2v) is 10.5. The number of carbonyl (C=O) groups is 2. The van der Waals surface area contributed by atoms with E-state index in [0.717, 1.165) is 11.3 Å². The summed E-state index contributed by atoms with van der Waals surface area (Å²) in [7, 11) is 0. The Balaban J connectivity index is 1.36. The van der Waals surface area contributed by atoms with Crippen LogP contribution < -0.4 is 25.6 Å². The van der Waals surface area contributed by atoms with Gasteiger partial charge in [-0.25, -0.2) is 9.78 Å². The summed E-state index contributed by atoms with van der Waals surface area (Å²) in [6.07, 6.45) is 0.928. The largest absolute Gasteiger partial charge is 0.457 e. The van der Waals surface area contributed by atoms with E-state index in [9.17, 15) is 14.7 Å². The minimum absolute atomic E-state index is 0.353. The van der Waals surface area contributed by atoms with Crippen LogP contribution in [0.2, 0.25) is 0 Å². The number of hydrogen-bond acceptors (Lipinski definition) is 7. The number of anilines is 3. The van der Waals surface area contributed by atoms with Gasteiger partial charge in [-0.05, 0) is 55.8 Å². The number of thiophene rings is 1. The van der Waals surface area contributed by atoms with Crippen molar-refractivity contribution in [3.8, 4) is 11.5 Å². The van der Waals surface area contributed by atoms with Gasteiger partial charge in [-0.3, -0.25) is 9.69 Å². The van der Waals surface area contributed by atoms with Gasteiger partial charge in [-0.1, -0.05) is 18.2 Å². The van der Waals surface area contributed by atoms with Crippen molar-refractivity contribution in [2.45, 2.75) is 25.5 Å². The molecule has 188 valence electrons. The maximum absolute atomic E-state index is 13.4. The SMILES string of the molecule is Cc1cc(Oc2ccccc2)ccc1N1C(=O)Nc2c(C(=O)N[C@@]3(C)CNC[C@@H]3O)sc3nccc1c23. The van der Waals surface area contributed by atoms with E-state index in [1.807, 2.05) is 55.5 Å². The summed E-state index contributed by atoms with van der Waals surface area (Å²) >= 11 is 1.21. The Bertz CT molecular complexity index is 1540. The molecule has 0 unspecified atom stereocenters. The van der Waals surface area contributed by atoms with Gasteiger partial charge in [-0.15, -0.1) is 11.3 Å². The van der Waals surface area contributed by atoms with Crippen LogP contribution in [0.3, 0.4) is 0 Å². The fraction of sp³-hybridized carbons (Fsp3) is 0.222. The summed E-state index contributed by atoms with van der Waals surface area (Å²) in [6.45, 7) is 4.57. The number of aliphatic hydroxyl groups excluding tert-OH is 1. The molecule has 2 aliphatic heterocycles. The number of ether oxygens (including phenoxy) is 1. The first-order chi connectivity index (χ1) is 17.8. The van der Waals surface area contributed by atoms with Gasteiger partial charge in [0.1, 0.15) is 21.2 Å². The lowest BCUT2D eigenvalue weighted by atomic mass is 9.98. The van der Waals surface area contributed by atoms with Gasteiger partial charge in [0.25, 0.3) is 5.91 Å². The number of aliphatic hydroxyl groups is 1. The van der Waals surface area contributed by atoms with E-state index in [1.165, 1.54) is 11.3 Å². The van der Waals surface area contributed by atoms with Crippen molar-refractivity contribution in [1.29, 1.82) is 0 Å². The molecule has 0 spiro atoms. The third-order valence-electron chi connectivity index (χ3n) is 6.80. The van der Waals surface area contributed by atoms with E-state index in [1.54, 1.807) is 24.1 Å². The number of nitrogens with one attached hydrogen (secondary N) is 3. The number of amides is 3. The van der Waals surface area contributed by atoms with E-state index in [-0.39, 0.29) is 11.9 Å². The first kappa shape index (κ1) is 23.4. The lowest BCUT2D eigenvalue weighted by Gasteiger charge is -2.30. The molecule has 2 aliphatic rings. The van der Waals surface area contributed by atoms with Crippen molar-refractivity contribution in [2.75, 3.05) is 23.3 Å². The van der Waals surface area contributed by atoms with Crippen LogP contribution >= 0.6 is 11.3 Å². The van der Waals surface area contributed by atoms with E-state index >= 15 is 0 Å². The molecule has 1 saturated heterocycles. The van der Waals surface area contributed by atoms with Crippen LogP contribution in [0.1, 0.15) is 22.2 Å². The normalized spacial score (nSPS) is 20.7. The number of carbonyl (C=O) groups excluding carboxylic acids is 2. The van der Waals surface area contributed by atoms with Gasteiger partial charge >= 0.3 is 6.03 Å². The average Bonchev–Trinajstić information content (AvgIpc) is 3.41. The number of urea groups is 1. The van der Waals surface area contributed by atoms with Crippen LogP contribution in [0.4, 0.5) is 21.9 Å². The molecule has 6 rings (SSSR count). The highest BCUT2D eigenvalue weighted by molar-refractivity contribution is 7.21. The number of aryl methyl sites for hydroxylation is 1. The molecule has 4 N–H and O–H groups in total. The molecule has 2 atom stereocenters. The van der Waals surface area contributed by atoms with Gasteiger partial charge in [0.2, 0.25) is 0 Å². The van der Waals surface area contributed by atoms with Crippen molar-refractivity contribution >= 4 is 50.6 Å². The van der Waals surface area contributed by atoms with Crippen LogP contribution in [-0.2, 0) is 0 Å². The number of pyridine rings is 1. The number of para-hydroxylation sites is 1. The summed E-state index contributed by atoms with van der Waals surface area (Å²) in [5, 5.41) is 20.0. The van der Waals surface area contributed by atoms with E-state index in [4.69, 9.17) is 4.74 Å². The quantitative estimate of drug-likeness (QED) is 0.310. The highest BCUT2D eigenvalue weighted by atomic mass is 32.1. The zero-order chi connectivity index (χ0) is 25.7. The lowest BCUT2D eigenvalue weighted by molar-refractivity contribution is 0.0768. The molecule has 3 amide bonds. The highest BCUT2D eigenvalue weighted by Crippen LogP contribution is 2.46. The monoisotopic (exact) mass is 515 g/mol. The first-order valence-corrected chi connectivity index (χ1v) is 12.7. The molecule has 4 heterocycles. The predicted molar refractivity (Wildman–Crippen MR) is 143 cm³/mol. The van der Waals surface area contributed by atoms with Crippen molar-refractivity contribution in [3.63, 3.8) is 0 Å². The van der Waals surface area contributed by atoms with Gasteiger partial charge < -0.3 is 25.8 Å². The maximum atomic E-state index is 13.4. The molecule has 10 heteroatoms. The summed E-state index contributed by atoms with van der Waals surface area (Å²) in [5.41, 5.74) is 1.82. The minimum atomic E-state index is -0.804. The fourth-order valence-corrected chi connectivity index (χ4v) is 5.82. The highest BCUT2D eigenvalue weighted by Gasteiger charge is 2.41. The molecule has 0 aliphatic carbocycles. The molecule has 0 bridgehead atoms. The Morgan fingerprint density at radius 2 is 2.00 bits per heavy atom. The van der Waals surface area contributed by atoms with Crippen molar-refractivity contribution < 1.29 is 19.4 Å². The molecule has 37 heavy (non-hydrogen) atoms. The molecule has 0 saturated carbocycles. The van der Waals surface area contributed by atoms with Gasteiger partial charge in [0.15, 0.2) is 0 Å². The third kappa shape index (κ3) is 3.99. The van der Waals surface area contributed by atoms with E-state index < -0.39 is 11.6 Å². The molecule has 4 aromatic rings. The maximum Gasteiger partial charge on any atom is 0.331 e. The second kappa shape index (κ2) is 8.84. The van der Waals surface area contributed by atoms with E-state index in [2.05, 4.69) is 20.9 Å². The second-order valence-electron chi connectivity index (χ2n) is 9.46. The number of benzene rings is 2. The zero-order valence-corrected chi connectivity index (χ0v) is 21.1. The zero-order valence-electron chi connectivity index (χ0n) is 20.2.